The van der Waals surface area contributed by atoms with E-state index in [2.05, 4.69) is 22.0 Å². The van der Waals surface area contributed by atoms with Gasteiger partial charge < -0.3 is 10.2 Å². The van der Waals surface area contributed by atoms with Crippen molar-refractivity contribution in [1.29, 1.82) is 0 Å². The summed E-state index contributed by atoms with van der Waals surface area (Å²) in [6, 6.07) is 8.38. The van der Waals surface area contributed by atoms with Gasteiger partial charge in [-0.3, -0.25) is 0 Å². The highest BCUT2D eigenvalue weighted by Crippen LogP contribution is 2.24. The fourth-order valence-electron chi connectivity index (χ4n) is 2.70. The Morgan fingerprint density at radius 1 is 1.00 bits per heavy atom. The van der Waals surface area contributed by atoms with Gasteiger partial charge in [0.15, 0.2) is 0 Å². The normalized spacial score (nSPS) is 10.6. The largest absolute Gasteiger partial charge is 0.478 e. The van der Waals surface area contributed by atoms with Gasteiger partial charge in [-0.25, -0.2) is 9.59 Å². The van der Waals surface area contributed by atoms with Crippen molar-refractivity contribution in [3.63, 3.8) is 0 Å². The summed E-state index contributed by atoms with van der Waals surface area (Å²) in [7, 11) is 0. The summed E-state index contributed by atoms with van der Waals surface area (Å²) < 4.78 is 0. The van der Waals surface area contributed by atoms with Crippen molar-refractivity contribution in [2.75, 3.05) is 0 Å². The topological polar surface area (TPSA) is 74.6 Å². The molecule has 2 rings (SSSR count). The maximum absolute atomic E-state index is 11.5. The number of halogens is 1. The summed E-state index contributed by atoms with van der Waals surface area (Å²) in [5.74, 6) is -2.25. The van der Waals surface area contributed by atoms with E-state index in [0.717, 1.165) is 22.3 Å². The number of hydrogen-bond donors (Lipinski definition) is 2. The van der Waals surface area contributed by atoms with E-state index < -0.39 is 11.9 Å². The summed E-state index contributed by atoms with van der Waals surface area (Å²) in [6.07, 6.45) is 0.449. The van der Waals surface area contributed by atoms with Crippen LogP contribution in [0.4, 0.5) is 0 Å². The smallest absolute Gasteiger partial charge is 0.336 e. The second kappa shape index (κ2) is 6.96. The molecule has 0 unspecified atom stereocenters. The van der Waals surface area contributed by atoms with Crippen LogP contribution in [0, 0.1) is 13.8 Å². The van der Waals surface area contributed by atoms with Gasteiger partial charge in [-0.2, -0.15) is 0 Å². The first-order valence-corrected chi connectivity index (χ1v) is 8.20. The zero-order valence-corrected chi connectivity index (χ0v) is 14.5. The molecule has 0 spiro atoms. The number of aryl methyl sites for hydroxylation is 2. The molecule has 0 aromatic heterocycles. The molecule has 5 heteroatoms. The highest BCUT2D eigenvalue weighted by molar-refractivity contribution is 9.08. The predicted molar refractivity (Wildman–Crippen MR) is 91.7 cm³/mol. The van der Waals surface area contributed by atoms with Crippen LogP contribution in [0.3, 0.4) is 0 Å². The van der Waals surface area contributed by atoms with E-state index in [1.54, 1.807) is 6.07 Å². The number of carboxylic acids is 2. The van der Waals surface area contributed by atoms with Gasteiger partial charge in [0.05, 0.1) is 11.1 Å². The number of hydrogen-bond acceptors (Lipinski definition) is 2. The molecule has 0 heterocycles. The highest BCUT2D eigenvalue weighted by atomic mass is 79.9. The van der Waals surface area contributed by atoms with Crippen molar-refractivity contribution in [3.05, 3.63) is 69.3 Å². The van der Waals surface area contributed by atoms with Gasteiger partial charge in [-0.05, 0) is 54.7 Å². The number of carbonyl (C=O) groups is 2. The van der Waals surface area contributed by atoms with E-state index in [9.17, 15) is 14.7 Å². The Morgan fingerprint density at radius 3 is 2.26 bits per heavy atom. The summed E-state index contributed by atoms with van der Waals surface area (Å²) in [5.41, 5.74) is 5.06. The highest BCUT2D eigenvalue weighted by Gasteiger charge is 2.16. The molecule has 0 saturated heterocycles. The molecule has 0 aliphatic rings. The van der Waals surface area contributed by atoms with Crippen LogP contribution in [0.2, 0.25) is 0 Å². The fourth-order valence-corrected chi connectivity index (χ4v) is 3.50. The maximum Gasteiger partial charge on any atom is 0.336 e. The Bertz CT molecular complexity index is 781. The monoisotopic (exact) mass is 376 g/mol. The molecule has 2 aromatic carbocycles. The molecule has 0 fully saturated rings. The lowest BCUT2D eigenvalue weighted by atomic mass is 9.92. The first-order chi connectivity index (χ1) is 10.8. The molecule has 2 aromatic rings. The average Bonchev–Trinajstić information content (AvgIpc) is 2.46. The molecule has 0 amide bonds. The third-order valence-corrected chi connectivity index (χ3v) is 4.37. The molecule has 0 aliphatic heterocycles. The van der Waals surface area contributed by atoms with Crippen molar-refractivity contribution in [2.24, 2.45) is 0 Å². The van der Waals surface area contributed by atoms with Crippen molar-refractivity contribution < 1.29 is 19.8 Å². The minimum absolute atomic E-state index is 0.0210. The first kappa shape index (κ1) is 17.2. The summed E-state index contributed by atoms with van der Waals surface area (Å²) in [5, 5.41) is 19.1. The van der Waals surface area contributed by atoms with E-state index in [1.165, 1.54) is 12.1 Å². The van der Waals surface area contributed by atoms with Crippen LogP contribution in [-0.4, -0.2) is 22.2 Å². The van der Waals surface area contributed by atoms with E-state index in [4.69, 9.17) is 5.11 Å². The predicted octanol–water partition coefficient (Wildman–Crippen LogP) is 4.19. The van der Waals surface area contributed by atoms with Crippen LogP contribution in [0.25, 0.3) is 0 Å². The summed E-state index contributed by atoms with van der Waals surface area (Å²) >= 11 is 3.48. The lowest BCUT2D eigenvalue weighted by Crippen LogP contribution is -2.08. The third kappa shape index (κ3) is 3.79. The van der Waals surface area contributed by atoms with Crippen LogP contribution in [-0.2, 0) is 11.8 Å². The maximum atomic E-state index is 11.5. The molecular weight excluding hydrogens is 360 g/mol. The van der Waals surface area contributed by atoms with Crippen LogP contribution in [0.15, 0.2) is 30.3 Å². The van der Waals surface area contributed by atoms with Gasteiger partial charge in [-0.1, -0.05) is 39.7 Å². The lowest BCUT2D eigenvalue weighted by molar-refractivity contribution is 0.0695. The Labute approximate surface area is 142 Å². The molecule has 0 radical (unpaired) electrons. The molecule has 0 bridgehead atoms. The zero-order chi connectivity index (χ0) is 17.1. The van der Waals surface area contributed by atoms with Crippen LogP contribution in [0.5, 0.6) is 0 Å². The number of carboxylic acid groups (broad SMARTS) is 2. The number of benzene rings is 2. The van der Waals surface area contributed by atoms with Crippen molar-refractivity contribution in [1.82, 2.24) is 0 Å². The molecule has 4 nitrogen and oxygen atoms in total. The molecule has 0 saturated carbocycles. The zero-order valence-electron chi connectivity index (χ0n) is 12.9. The Balaban J connectivity index is 2.52. The van der Waals surface area contributed by atoms with E-state index in [-0.39, 0.29) is 11.1 Å². The minimum Gasteiger partial charge on any atom is -0.478 e. The van der Waals surface area contributed by atoms with Gasteiger partial charge in [0.25, 0.3) is 0 Å². The number of alkyl halides is 1. The second-order valence-corrected chi connectivity index (χ2v) is 6.07. The number of rotatable bonds is 5. The van der Waals surface area contributed by atoms with E-state index >= 15 is 0 Å². The minimum atomic E-state index is -1.13. The van der Waals surface area contributed by atoms with Gasteiger partial charge in [0.2, 0.25) is 0 Å². The van der Waals surface area contributed by atoms with E-state index in [1.807, 2.05) is 19.9 Å². The Morgan fingerprint density at radius 2 is 1.70 bits per heavy atom. The lowest BCUT2D eigenvalue weighted by Gasteiger charge is -2.14. The van der Waals surface area contributed by atoms with Gasteiger partial charge in [0.1, 0.15) is 0 Å². The third-order valence-electron chi connectivity index (χ3n) is 3.81. The average molecular weight is 377 g/mol. The molecular formula is C18H17BrO4. The Kier molecular flexibility index (Phi) is 5.21. The van der Waals surface area contributed by atoms with Crippen molar-refractivity contribution in [2.45, 2.75) is 25.6 Å². The summed E-state index contributed by atoms with van der Waals surface area (Å²) in [4.78, 5) is 22.5. The molecule has 0 atom stereocenters. The second-order valence-electron chi connectivity index (χ2n) is 5.51. The molecule has 0 aliphatic carbocycles. The Hall–Kier alpha value is -2.14. The molecule has 23 heavy (non-hydrogen) atoms. The standard InChI is InChI=1S/C18H17BrO4/c1-10-5-11(2)16(9-19)14(6-10)7-12-3-4-13(17(20)21)8-15(12)18(22)23/h3-6,8H,7,9H2,1-2H3,(H,20,21)(H,22,23). The first-order valence-electron chi connectivity index (χ1n) is 7.08. The molecule has 120 valence electrons. The van der Waals surface area contributed by atoms with Crippen LogP contribution >= 0.6 is 15.9 Å². The SMILES string of the molecule is Cc1cc(C)c(CBr)c(Cc2ccc(C(=O)O)cc2C(=O)O)c1. The van der Waals surface area contributed by atoms with Gasteiger partial charge in [0, 0.05) is 5.33 Å². The van der Waals surface area contributed by atoms with Crippen LogP contribution < -0.4 is 0 Å². The quantitative estimate of drug-likeness (QED) is 0.767. The summed E-state index contributed by atoms with van der Waals surface area (Å²) in [6.45, 7) is 4.03. The van der Waals surface area contributed by atoms with Crippen molar-refractivity contribution in [3.8, 4) is 0 Å². The van der Waals surface area contributed by atoms with Crippen molar-refractivity contribution >= 4 is 27.9 Å². The van der Waals surface area contributed by atoms with E-state index in [0.29, 0.717) is 17.3 Å². The van der Waals surface area contributed by atoms with Gasteiger partial charge in [-0.15, -0.1) is 0 Å². The van der Waals surface area contributed by atoms with Crippen LogP contribution in [0.1, 0.15) is 48.5 Å². The van der Waals surface area contributed by atoms with Gasteiger partial charge >= 0.3 is 11.9 Å². The number of aromatic carboxylic acids is 2. The molecule has 2 N–H and O–H groups in total. The fraction of sp³-hybridized carbons (Fsp3) is 0.222.